The van der Waals surface area contributed by atoms with Gasteiger partial charge in [0.05, 0.1) is 5.92 Å². The van der Waals surface area contributed by atoms with E-state index in [0.29, 0.717) is 12.8 Å². The molecule has 1 aromatic rings. The van der Waals surface area contributed by atoms with Gasteiger partial charge in [-0.3, -0.25) is 9.78 Å². The topological polar surface area (TPSA) is 50.2 Å². The first-order chi connectivity index (χ1) is 5.77. The van der Waals surface area contributed by atoms with Crippen LogP contribution >= 0.6 is 0 Å². The molecule has 0 aliphatic heterocycles. The van der Waals surface area contributed by atoms with Gasteiger partial charge >= 0.3 is 5.97 Å². The maximum atomic E-state index is 10.6. The van der Waals surface area contributed by atoms with Crippen molar-refractivity contribution in [1.82, 2.24) is 4.98 Å². The summed E-state index contributed by atoms with van der Waals surface area (Å²) in [5, 5.41) is 8.76. The predicted molar refractivity (Wildman–Crippen MR) is 42.8 cm³/mol. The second kappa shape index (κ2) is 2.59. The highest BCUT2D eigenvalue weighted by Crippen LogP contribution is 2.24. The highest BCUT2D eigenvalue weighted by molar-refractivity contribution is 5.72. The number of hydrogen-bond acceptors (Lipinski definition) is 2. The molecule has 2 rings (SSSR count). The molecule has 3 nitrogen and oxygen atoms in total. The molecule has 0 aromatic carbocycles. The largest absolute Gasteiger partial charge is 0.481 e. The summed E-state index contributed by atoms with van der Waals surface area (Å²) in [7, 11) is 0. The minimum Gasteiger partial charge on any atom is -0.481 e. The van der Waals surface area contributed by atoms with Crippen molar-refractivity contribution in [3.63, 3.8) is 0 Å². The van der Waals surface area contributed by atoms with Crippen LogP contribution in [0.3, 0.4) is 0 Å². The van der Waals surface area contributed by atoms with Crippen LogP contribution in [0, 0.1) is 5.92 Å². The zero-order valence-corrected chi connectivity index (χ0v) is 6.53. The Kier molecular flexibility index (Phi) is 1.57. The summed E-state index contributed by atoms with van der Waals surface area (Å²) in [5.41, 5.74) is 2.04. The van der Waals surface area contributed by atoms with Crippen LogP contribution in [0.15, 0.2) is 18.3 Å². The van der Waals surface area contributed by atoms with Crippen molar-refractivity contribution in [2.24, 2.45) is 5.92 Å². The van der Waals surface area contributed by atoms with Crippen molar-refractivity contribution in [3.8, 4) is 0 Å². The molecule has 1 heterocycles. The van der Waals surface area contributed by atoms with Crippen LogP contribution in [0.2, 0.25) is 0 Å². The Morgan fingerprint density at radius 2 is 2.42 bits per heavy atom. The fourth-order valence-electron chi connectivity index (χ4n) is 1.59. The first-order valence-electron chi connectivity index (χ1n) is 3.93. The summed E-state index contributed by atoms with van der Waals surface area (Å²) < 4.78 is 0. The summed E-state index contributed by atoms with van der Waals surface area (Å²) >= 11 is 0. The second-order valence-corrected chi connectivity index (χ2v) is 3.05. The maximum Gasteiger partial charge on any atom is 0.307 e. The first-order valence-corrected chi connectivity index (χ1v) is 3.93. The van der Waals surface area contributed by atoms with Gasteiger partial charge < -0.3 is 5.11 Å². The number of carbonyl (C=O) groups is 1. The van der Waals surface area contributed by atoms with Crippen LogP contribution in [0.25, 0.3) is 0 Å². The quantitative estimate of drug-likeness (QED) is 0.668. The summed E-state index contributed by atoms with van der Waals surface area (Å²) in [6, 6.07) is 3.80. The van der Waals surface area contributed by atoms with Gasteiger partial charge in [0, 0.05) is 18.3 Å². The van der Waals surface area contributed by atoms with Crippen LogP contribution in [0.4, 0.5) is 0 Å². The van der Waals surface area contributed by atoms with Crippen LogP contribution in [0.5, 0.6) is 0 Å². The first kappa shape index (κ1) is 7.28. The van der Waals surface area contributed by atoms with E-state index in [1.165, 1.54) is 0 Å². The van der Waals surface area contributed by atoms with Crippen molar-refractivity contribution >= 4 is 5.97 Å². The molecule has 12 heavy (non-hydrogen) atoms. The van der Waals surface area contributed by atoms with Crippen molar-refractivity contribution in [3.05, 3.63) is 29.6 Å². The molecule has 0 spiro atoms. The molecular formula is C9H9NO2. The number of carboxylic acids is 1. The fourth-order valence-corrected chi connectivity index (χ4v) is 1.59. The molecule has 1 atom stereocenters. The Bertz CT molecular complexity index is 297. The lowest BCUT2D eigenvalue weighted by Gasteiger charge is -1.98. The molecule has 62 valence electrons. The van der Waals surface area contributed by atoms with E-state index in [2.05, 4.69) is 4.98 Å². The van der Waals surface area contributed by atoms with E-state index >= 15 is 0 Å². The van der Waals surface area contributed by atoms with Gasteiger partial charge in [-0.1, -0.05) is 6.07 Å². The monoisotopic (exact) mass is 163 g/mol. The van der Waals surface area contributed by atoms with E-state index in [-0.39, 0.29) is 5.92 Å². The van der Waals surface area contributed by atoms with Crippen LogP contribution in [-0.4, -0.2) is 16.1 Å². The molecule has 0 bridgehead atoms. The average molecular weight is 163 g/mol. The lowest BCUT2D eigenvalue weighted by atomic mass is 10.1. The van der Waals surface area contributed by atoms with Crippen LogP contribution in [-0.2, 0) is 17.6 Å². The van der Waals surface area contributed by atoms with Crippen molar-refractivity contribution in [2.45, 2.75) is 12.8 Å². The molecule has 0 amide bonds. The number of aliphatic carboxylic acids is 1. The highest BCUT2D eigenvalue weighted by atomic mass is 16.4. The Morgan fingerprint density at radius 3 is 3.08 bits per heavy atom. The zero-order valence-electron chi connectivity index (χ0n) is 6.53. The van der Waals surface area contributed by atoms with E-state index < -0.39 is 5.97 Å². The molecule has 0 radical (unpaired) electrons. The molecular weight excluding hydrogens is 154 g/mol. The third kappa shape index (κ3) is 1.07. The molecule has 0 fully saturated rings. The summed E-state index contributed by atoms with van der Waals surface area (Å²) in [6.07, 6.45) is 2.94. The van der Waals surface area contributed by atoms with Gasteiger partial charge in [-0.05, 0) is 18.1 Å². The molecule has 0 saturated heterocycles. The molecule has 1 N–H and O–H groups in total. The summed E-state index contributed by atoms with van der Waals surface area (Å²) in [4.78, 5) is 14.8. The molecule has 0 saturated carbocycles. The molecule has 1 aliphatic carbocycles. The molecule has 3 heteroatoms. The van der Waals surface area contributed by atoms with Gasteiger partial charge in [-0.2, -0.15) is 0 Å². The minimum atomic E-state index is -0.715. The van der Waals surface area contributed by atoms with E-state index in [1.807, 2.05) is 12.1 Å². The number of nitrogens with zero attached hydrogens (tertiary/aromatic N) is 1. The van der Waals surface area contributed by atoms with Crippen molar-refractivity contribution < 1.29 is 9.90 Å². The number of fused-ring (bicyclic) bond motifs is 1. The third-order valence-corrected chi connectivity index (χ3v) is 2.24. The number of carboxylic acid groups (broad SMARTS) is 1. The van der Waals surface area contributed by atoms with Gasteiger partial charge in [0.25, 0.3) is 0 Å². The zero-order chi connectivity index (χ0) is 8.55. The Morgan fingerprint density at radius 1 is 1.58 bits per heavy atom. The van der Waals surface area contributed by atoms with Gasteiger partial charge in [0.2, 0.25) is 0 Å². The Hall–Kier alpha value is -1.38. The smallest absolute Gasteiger partial charge is 0.307 e. The fraction of sp³-hybridized carbons (Fsp3) is 0.333. The van der Waals surface area contributed by atoms with Gasteiger partial charge in [0.15, 0.2) is 0 Å². The molecule has 0 unspecified atom stereocenters. The summed E-state index contributed by atoms with van der Waals surface area (Å²) in [6.45, 7) is 0. The average Bonchev–Trinajstić information content (AvgIpc) is 2.46. The normalized spacial score (nSPS) is 20.5. The second-order valence-electron chi connectivity index (χ2n) is 3.05. The van der Waals surface area contributed by atoms with Gasteiger partial charge in [-0.15, -0.1) is 0 Å². The van der Waals surface area contributed by atoms with E-state index in [4.69, 9.17) is 5.11 Å². The number of hydrogen-bond donors (Lipinski definition) is 1. The van der Waals surface area contributed by atoms with Crippen LogP contribution < -0.4 is 0 Å². The molecule has 1 aliphatic rings. The summed E-state index contributed by atoms with van der Waals surface area (Å²) in [5.74, 6) is -0.970. The lowest BCUT2D eigenvalue weighted by molar-refractivity contribution is -0.141. The van der Waals surface area contributed by atoms with Gasteiger partial charge in [0.1, 0.15) is 0 Å². The van der Waals surface area contributed by atoms with Crippen molar-refractivity contribution in [1.29, 1.82) is 0 Å². The van der Waals surface area contributed by atoms with Gasteiger partial charge in [-0.25, -0.2) is 0 Å². The third-order valence-electron chi connectivity index (χ3n) is 2.24. The Balaban J connectivity index is 2.27. The Labute approximate surface area is 70.1 Å². The number of pyridine rings is 1. The predicted octanol–water partition coefficient (Wildman–Crippen LogP) is 0.881. The number of rotatable bonds is 1. The standard InChI is InChI=1S/C9H9NO2/c11-9(12)7-4-6-2-1-3-10-8(6)5-7/h1-3,7H,4-5H2,(H,11,12)/t7-/m0/s1. The van der Waals surface area contributed by atoms with E-state index in [9.17, 15) is 4.79 Å². The van der Waals surface area contributed by atoms with E-state index in [0.717, 1.165) is 11.3 Å². The maximum absolute atomic E-state index is 10.6. The van der Waals surface area contributed by atoms with E-state index in [1.54, 1.807) is 6.20 Å². The molecule has 1 aromatic heterocycles. The van der Waals surface area contributed by atoms with Crippen LogP contribution in [0.1, 0.15) is 11.3 Å². The van der Waals surface area contributed by atoms with Crippen molar-refractivity contribution in [2.75, 3.05) is 0 Å². The lowest BCUT2D eigenvalue weighted by Crippen LogP contribution is -2.12. The SMILES string of the molecule is O=C(O)[C@H]1Cc2cccnc2C1. The highest BCUT2D eigenvalue weighted by Gasteiger charge is 2.27. The minimum absolute atomic E-state index is 0.255. The number of aromatic nitrogens is 1.